The third-order valence-electron chi connectivity index (χ3n) is 3.06. The largest absolute Gasteiger partial charge is 0.298 e. The number of rotatable bonds is 3. The Balaban J connectivity index is 1.83. The van der Waals surface area contributed by atoms with E-state index in [-0.39, 0.29) is 5.91 Å². The van der Waals surface area contributed by atoms with Crippen LogP contribution >= 0.6 is 27.3 Å². The van der Waals surface area contributed by atoms with Crippen LogP contribution in [0.15, 0.2) is 53.3 Å². The lowest BCUT2D eigenvalue weighted by molar-refractivity contribution is 0.102. The molecule has 110 valence electrons. The molecule has 4 nitrogen and oxygen atoms in total. The van der Waals surface area contributed by atoms with Crippen LogP contribution in [0.3, 0.4) is 0 Å². The molecule has 3 rings (SSSR count). The summed E-state index contributed by atoms with van der Waals surface area (Å²) in [5, 5.41) is 3.41. The highest BCUT2D eigenvalue weighted by atomic mass is 79.9. The zero-order chi connectivity index (χ0) is 15.5. The van der Waals surface area contributed by atoms with Gasteiger partial charge >= 0.3 is 0 Å². The number of nitrogens with one attached hydrogen (secondary N) is 1. The average molecular weight is 374 g/mol. The summed E-state index contributed by atoms with van der Waals surface area (Å²) in [5.74, 6) is -0.204. The molecule has 0 aliphatic carbocycles. The summed E-state index contributed by atoms with van der Waals surface area (Å²) in [6, 6.07) is 11.4. The minimum Gasteiger partial charge on any atom is -0.298 e. The molecule has 0 saturated carbocycles. The van der Waals surface area contributed by atoms with Gasteiger partial charge in [0.25, 0.3) is 5.91 Å². The fourth-order valence-electron chi connectivity index (χ4n) is 1.99. The van der Waals surface area contributed by atoms with Gasteiger partial charge in [0.1, 0.15) is 0 Å². The SMILES string of the molecule is Cc1sc(NC(=O)c2cccnc2)nc1-c1ccc(Br)cc1. The number of aromatic nitrogens is 2. The maximum absolute atomic E-state index is 12.1. The minimum atomic E-state index is -0.204. The van der Waals surface area contributed by atoms with Gasteiger partial charge in [0.05, 0.1) is 11.3 Å². The molecule has 1 aromatic carbocycles. The zero-order valence-electron chi connectivity index (χ0n) is 11.7. The number of halogens is 1. The van der Waals surface area contributed by atoms with Crippen LogP contribution in [0.1, 0.15) is 15.2 Å². The highest BCUT2D eigenvalue weighted by molar-refractivity contribution is 9.10. The first-order valence-electron chi connectivity index (χ1n) is 6.58. The maximum Gasteiger partial charge on any atom is 0.259 e. The van der Waals surface area contributed by atoms with Crippen molar-refractivity contribution in [2.75, 3.05) is 5.32 Å². The topological polar surface area (TPSA) is 54.9 Å². The Labute approximate surface area is 140 Å². The van der Waals surface area contributed by atoms with Gasteiger partial charge in [0.2, 0.25) is 0 Å². The third-order valence-corrected chi connectivity index (χ3v) is 4.47. The molecular weight excluding hydrogens is 362 g/mol. The molecular formula is C16H12BrN3OS. The summed E-state index contributed by atoms with van der Waals surface area (Å²) in [7, 11) is 0. The van der Waals surface area contributed by atoms with Crippen LogP contribution in [0, 0.1) is 6.92 Å². The van der Waals surface area contributed by atoms with Crippen molar-refractivity contribution in [2.24, 2.45) is 0 Å². The zero-order valence-corrected chi connectivity index (χ0v) is 14.1. The molecule has 0 bridgehead atoms. The van der Waals surface area contributed by atoms with Gasteiger partial charge in [0, 0.05) is 27.3 Å². The van der Waals surface area contributed by atoms with Crippen LogP contribution in [-0.4, -0.2) is 15.9 Å². The van der Waals surface area contributed by atoms with Gasteiger partial charge in [-0.05, 0) is 31.2 Å². The number of benzene rings is 1. The Morgan fingerprint density at radius 2 is 2.00 bits per heavy atom. The number of hydrogen-bond acceptors (Lipinski definition) is 4. The number of nitrogens with zero attached hydrogens (tertiary/aromatic N) is 2. The van der Waals surface area contributed by atoms with Gasteiger partial charge in [0.15, 0.2) is 5.13 Å². The monoisotopic (exact) mass is 373 g/mol. The van der Waals surface area contributed by atoms with E-state index in [2.05, 4.69) is 31.2 Å². The van der Waals surface area contributed by atoms with Gasteiger partial charge in [-0.25, -0.2) is 4.98 Å². The van der Waals surface area contributed by atoms with E-state index in [1.165, 1.54) is 17.5 Å². The predicted octanol–water partition coefficient (Wildman–Crippen LogP) is 4.53. The third kappa shape index (κ3) is 3.23. The lowest BCUT2D eigenvalue weighted by Crippen LogP contribution is -2.11. The van der Waals surface area contributed by atoms with Crippen LogP contribution in [0.5, 0.6) is 0 Å². The van der Waals surface area contributed by atoms with E-state index in [0.717, 1.165) is 20.6 Å². The second-order valence-electron chi connectivity index (χ2n) is 4.63. The molecule has 0 saturated heterocycles. The summed E-state index contributed by atoms with van der Waals surface area (Å²) in [6.07, 6.45) is 3.17. The molecule has 1 N–H and O–H groups in total. The number of carbonyl (C=O) groups excluding carboxylic acids is 1. The Kier molecular flexibility index (Phi) is 4.31. The average Bonchev–Trinajstić information content (AvgIpc) is 2.89. The first-order valence-corrected chi connectivity index (χ1v) is 8.19. The van der Waals surface area contributed by atoms with Crippen molar-refractivity contribution in [3.63, 3.8) is 0 Å². The summed E-state index contributed by atoms with van der Waals surface area (Å²) in [5.41, 5.74) is 2.43. The van der Waals surface area contributed by atoms with Crippen LogP contribution < -0.4 is 5.32 Å². The van der Waals surface area contributed by atoms with Crippen molar-refractivity contribution < 1.29 is 4.79 Å². The lowest BCUT2D eigenvalue weighted by atomic mass is 10.1. The summed E-state index contributed by atoms with van der Waals surface area (Å²) < 4.78 is 1.02. The van der Waals surface area contributed by atoms with Crippen molar-refractivity contribution in [3.05, 3.63) is 63.7 Å². The van der Waals surface area contributed by atoms with E-state index in [0.29, 0.717) is 10.7 Å². The molecule has 0 radical (unpaired) electrons. The van der Waals surface area contributed by atoms with E-state index in [1.54, 1.807) is 18.3 Å². The van der Waals surface area contributed by atoms with Crippen LogP contribution in [0.4, 0.5) is 5.13 Å². The van der Waals surface area contributed by atoms with E-state index < -0.39 is 0 Å². The van der Waals surface area contributed by atoms with Crippen LogP contribution in [-0.2, 0) is 0 Å². The predicted molar refractivity (Wildman–Crippen MR) is 92.2 cm³/mol. The molecule has 3 aromatic rings. The highest BCUT2D eigenvalue weighted by Gasteiger charge is 2.13. The van der Waals surface area contributed by atoms with Gasteiger partial charge < -0.3 is 0 Å². The van der Waals surface area contributed by atoms with Crippen molar-refractivity contribution in [2.45, 2.75) is 6.92 Å². The van der Waals surface area contributed by atoms with E-state index in [9.17, 15) is 4.79 Å². The maximum atomic E-state index is 12.1. The first kappa shape index (κ1) is 14.9. The number of aryl methyl sites for hydroxylation is 1. The second-order valence-corrected chi connectivity index (χ2v) is 6.75. The molecule has 0 atom stereocenters. The Morgan fingerprint density at radius 3 is 2.68 bits per heavy atom. The molecule has 22 heavy (non-hydrogen) atoms. The van der Waals surface area contributed by atoms with Crippen molar-refractivity contribution in [1.82, 2.24) is 9.97 Å². The first-order chi connectivity index (χ1) is 10.6. The van der Waals surface area contributed by atoms with Crippen LogP contribution in [0.2, 0.25) is 0 Å². The normalized spacial score (nSPS) is 10.5. The second kappa shape index (κ2) is 6.37. The number of hydrogen-bond donors (Lipinski definition) is 1. The molecule has 0 aliphatic heterocycles. The molecule has 2 aromatic heterocycles. The highest BCUT2D eigenvalue weighted by Crippen LogP contribution is 2.31. The van der Waals surface area contributed by atoms with Crippen molar-refractivity contribution in [3.8, 4) is 11.3 Å². The Morgan fingerprint density at radius 1 is 1.23 bits per heavy atom. The molecule has 6 heteroatoms. The summed E-state index contributed by atoms with van der Waals surface area (Å²) in [4.78, 5) is 21.7. The molecule has 2 heterocycles. The summed E-state index contributed by atoms with van der Waals surface area (Å²) in [6.45, 7) is 1.99. The Hall–Kier alpha value is -2.05. The fourth-order valence-corrected chi connectivity index (χ4v) is 3.09. The van der Waals surface area contributed by atoms with Gasteiger partial charge in [-0.2, -0.15) is 0 Å². The molecule has 0 aliphatic rings. The lowest BCUT2D eigenvalue weighted by Gasteiger charge is -2.00. The number of thiazole rings is 1. The molecule has 0 spiro atoms. The quantitative estimate of drug-likeness (QED) is 0.733. The number of pyridine rings is 1. The number of anilines is 1. The van der Waals surface area contributed by atoms with Crippen LogP contribution in [0.25, 0.3) is 11.3 Å². The van der Waals surface area contributed by atoms with Crippen molar-refractivity contribution >= 4 is 38.3 Å². The van der Waals surface area contributed by atoms with E-state index in [1.807, 2.05) is 31.2 Å². The molecule has 1 amide bonds. The fraction of sp³-hybridized carbons (Fsp3) is 0.0625. The van der Waals surface area contributed by atoms with Gasteiger partial charge in [-0.15, -0.1) is 11.3 Å². The minimum absolute atomic E-state index is 0.204. The standard InChI is InChI=1S/C16H12BrN3OS/c1-10-14(11-4-6-13(17)7-5-11)19-16(22-10)20-15(21)12-3-2-8-18-9-12/h2-9H,1H3,(H,19,20,21). The smallest absolute Gasteiger partial charge is 0.259 e. The number of amides is 1. The van der Waals surface area contributed by atoms with Crippen molar-refractivity contribution in [1.29, 1.82) is 0 Å². The number of carbonyl (C=O) groups is 1. The van der Waals surface area contributed by atoms with Gasteiger partial charge in [-0.3, -0.25) is 15.1 Å². The van der Waals surface area contributed by atoms with Gasteiger partial charge in [-0.1, -0.05) is 28.1 Å². The summed E-state index contributed by atoms with van der Waals surface area (Å²) >= 11 is 4.88. The molecule has 0 fully saturated rings. The van der Waals surface area contributed by atoms with E-state index in [4.69, 9.17) is 0 Å². The van der Waals surface area contributed by atoms with E-state index >= 15 is 0 Å². The molecule has 0 unspecified atom stereocenters. The Bertz CT molecular complexity index is 800.